The van der Waals surface area contributed by atoms with Gasteiger partial charge >= 0.3 is 29.8 Å². The zero-order chi connectivity index (χ0) is 19.4. The topological polar surface area (TPSA) is 142 Å². The van der Waals surface area contributed by atoms with Crippen molar-refractivity contribution in [2.24, 2.45) is 0 Å². The third-order valence-electron chi connectivity index (χ3n) is 3.15. The predicted molar refractivity (Wildman–Crippen MR) is 80.2 cm³/mol. The molecular weight excluding hydrogens is 352 g/mol. The van der Waals surface area contributed by atoms with Gasteiger partial charge in [0.25, 0.3) is 0 Å². The second-order valence-electron chi connectivity index (χ2n) is 5.24. The highest BCUT2D eigenvalue weighted by Gasteiger charge is 2.41. The second-order valence-corrected chi connectivity index (χ2v) is 5.24. The van der Waals surface area contributed by atoms with E-state index < -0.39 is 42.1 Å². The van der Waals surface area contributed by atoms with E-state index >= 15 is 0 Å². The van der Waals surface area contributed by atoms with E-state index in [0.717, 1.165) is 13.8 Å². The van der Waals surface area contributed by atoms with Gasteiger partial charge in [0.2, 0.25) is 12.2 Å². The Morgan fingerprint density at radius 3 is 2.27 bits per heavy atom. The number of rotatable bonds is 6. The molecular formula is C16H14O10. The van der Waals surface area contributed by atoms with Crippen molar-refractivity contribution in [2.45, 2.75) is 32.5 Å². The zero-order valence-corrected chi connectivity index (χ0v) is 13.7. The molecule has 0 saturated carbocycles. The maximum atomic E-state index is 12.3. The smallest absolute Gasteiger partial charge is 0.357 e. The lowest BCUT2D eigenvalue weighted by Gasteiger charge is -2.21. The average molecular weight is 366 g/mol. The van der Waals surface area contributed by atoms with E-state index in [-0.39, 0.29) is 12.2 Å². The molecule has 0 bridgehead atoms. The predicted octanol–water partition coefficient (Wildman–Crippen LogP) is 0.00150. The largest absolute Gasteiger partial charge is 0.478 e. The van der Waals surface area contributed by atoms with Crippen LogP contribution in [0.2, 0.25) is 0 Å². The van der Waals surface area contributed by atoms with Gasteiger partial charge in [-0.25, -0.2) is 9.59 Å². The van der Waals surface area contributed by atoms with Crippen molar-refractivity contribution < 1.29 is 48.0 Å². The summed E-state index contributed by atoms with van der Waals surface area (Å²) in [6.45, 7) is 1.88. The standard InChI is InChI=1S/C16H14O10/c1-7(17)23-13(15(20)21)14(24-8(2)18)16(22)25-10-3-4-11-9(5-10)6-12(19)26-11/h3-5,13-14H,6H2,1-2H3,(H,20,21). The molecule has 1 aromatic rings. The van der Waals surface area contributed by atoms with Gasteiger partial charge in [-0.1, -0.05) is 0 Å². The van der Waals surface area contributed by atoms with Crippen LogP contribution in [0, 0.1) is 0 Å². The third-order valence-corrected chi connectivity index (χ3v) is 3.15. The van der Waals surface area contributed by atoms with Crippen LogP contribution in [0.25, 0.3) is 0 Å². The minimum atomic E-state index is -2.08. The van der Waals surface area contributed by atoms with E-state index in [9.17, 15) is 24.0 Å². The van der Waals surface area contributed by atoms with Crippen LogP contribution in [0.5, 0.6) is 11.5 Å². The number of carboxylic acids is 1. The zero-order valence-electron chi connectivity index (χ0n) is 13.7. The molecule has 26 heavy (non-hydrogen) atoms. The maximum Gasteiger partial charge on any atom is 0.357 e. The summed E-state index contributed by atoms with van der Waals surface area (Å²) < 4.78 is 19.1. The Labute approximate surface area is 146 Å². The molecule has 0 spiro atoms. The first-order valence-electron chi connectivity index (χ1n) is 7.30. The molecule has 1 N–H and O–H groups in total. The van der Waals surface area contributed by atoms with Crippen molar-refractivity contribution in [3.05, 3.63) is 23.8 Å². The molecule has 0 aromatic heterocycles. The first-order valence-corrected chi connectivity index (χ1v) is 7.30. The van der Waals surface area contributed by atoms with Crippen LogP contribution >= 0.6 is 0 Å². The van der Waals surface area contributed by atoms with Crippen LogP contribution in [0.15, 0.2) is 18.2 Å². The quantitative estimate of drug-likeness (QED) is 0.540. The number of aliphatic carboxylic acids is 1. The monoisotopic (exact) mass is 366 g/mol. The van der Waals surface area contributed by atoms with Crippen LogP contribution in [-0.2, 0) is 39.9 Å². The van der Waals surface area contributed by atoms with Crippen LogP contribution in [0.1, 0.15) is 19.4 Å². The second kappa shape index (κ2) is 7.64. The Balaban J connectivity index is 2.22. The van der Waals surface area contributed by atoms with Gasteiger partial charge in [-0.3, -0.25) is 14.4 Å². The van der Waals surface area contributed by atoms with E-state index in [1.54, 1.807) is 0 Å². The fourth-order valence-electron chi connectivity index (χ4n) is 2.18. The first kappa shape index (κ1) is 18.9. The molecule has 0 saturated heterocycles. The number of hydrogen-bond donors (Lipinski definition) is 1. The summed E-state index contributed by atoms with van der Waals surface area (Å²) in [6, 6.07) is 4.05. The van der Waals surface area contributed by atoms with Crippen molar-refractivity contribution in [3.63, 3.8) is 0 Å². The summed E-state index contributed by atoms with van der Waals surface area (Å²) in [5.74, 6) is -5.11. The number of fused-ring (bicyclic) bond motifs is 1. The van der Waals surface area contributed by atoms with E-state index in [1.165, 1.54) is 18.2 Å². The molecule has 10 nitrogen and oxygen atoms in total. The molecule has 1 aliphatic heterocycles. The molecule has 0 fully saturated rings. The minimum absolute atomic E-state index is 0.0146. The molecule has 138 valence electrons. The van der Waals surface area contributed by atoms with Crippen molar-refractivity contribution in [2.75, 3.05) is 0 Å². The summed E-state index contributed by atoms with van der Waals surface area (Å²) in [6.07, 6.45) is -4.11. The summed E-state index contributed by atoms with van der Waals surface area (Å²) in [5.41, 5.74) is 0.471. The Hall–Kier alpha value is -3.43. The van der Waals surface area contributed by atoms with Gasteiger partial charge in [0.1, 0.15) is 11.5 Å². The lowest BCUT2D eigenvalue weighted by Crippen LogP contribution is -2.47. The Bertz CT molecular complexity index is 781. The molecule has 10 heteroatoms. The van der Waals surface area contributed by atoms with Crippen LogP contribution in [0.3, 0.4) is 0 Å². The Morgan fingerprint density at radius 2 is 1.69 bits per heavy atom. The van der Waals surface area contributed by atoms with E-state index in [4.69, 9.17) is 14.6 Å². The number of ether oxygens (including phenoxy) is 4. The number of carbonyl (C=O) groups excluding carboxylic acids is 4. The number of carboxylic acid groups (broad SMARTS) is 1. The normalized spacial score (nSPS) is 14.5. The van der Waals surface area contributed by atoms with Crippen LogP contribution in [-0.4, -0.2) is 47.2 Å². The molecule has 2 rings (SSSR count). The molecule has 0 amide bonds. The lowest BCUT2D eigenvalue weighted by molar-refractivity contribution is -0.184. The summed E-state index contributed by atoms with van der Waals surface area (Å²) in [5, 5.41) is 9.15. The average Bonchev–Trinajstić information content (AvgIpc) is 2.89. The maximum absolute atomic E-state index is 12.3. The van der Waals surface area contributed by atoms with Crippen molar-refractivity contribution in [1.29, 1.82) is 0 Å². The number of esters is 4. The Morgan fingerprint density at radius 1 is 1.08 bits per heavy atom. The van der Waals surface area contributed by atoms with E-state index in [1.807, 2.05) is 0 Å². The fourth-order valence-corrected chi connectivity index (χ4v) is 2.18. The summed E-state index contributed by atoms with van der Waals surface area (Å²) >= 11 is 0. The van der Waals surface area contributed by atoms with Gasteiger partial charge in [0.15, 0.2) is 0 Å². The third kappa shape index (κ3) is 4.56. The van der Waals surface area contributed by atoms with Gasteiger partial charge in [0, 0.05) is 19.4 Å². The van der Waals surface area contributed by atoms with Gasteiger partial charge < -0.3 is 24.1 Å². The molecule has 2 atom stereocenters. The van der Waals surface area contributed by atoms with Gasteiger partial charge in [0.05, 0.1) is 6.42 Å². The minimum Gasteiger partial charge on any atom is -0.478 e. The highest BCUT2D eigenvalue weighted by atomic mass is 16.6. The van der Waals surface area contributed by atoms with Gasteiger partial charge in [-0.05, 0) is 18.2 Å². The van der Waals surface area contributed by atoms with Crippen molar-refractivity contribution >= 4 is 29.8 Å². The Kier molecular flexibility index (Phi) is 5.55. The number of carbonyl (C=O) groups is 5. The van der Waals surface area contributed by atoms with E-state index in [2.05, 4.69) is 9.47 Å². The molecule has 1 heterocycles. The van der Waals surface area contributed by atoms with Crippen molar-refractivity contribution in [3.8, 4) is 11.5 Å². The molecule has 0 aliphatic carbocycles. The fraction of sp³-hybridized carbons (Fsp3) is 0.312. The summed E-state index contributed by atoms with van der Waals surface area (Å²) in [4.78, 5) is 57.1. The summed E-state index contributed by atoms with van der Waals surface area (Å²) in [7, 11) is 0. The molecule has 2 unspecified atom stereocenters. The molecule has 0 radical (unpaired) electrons. The lowest BCUT2D eigenvalue weighted by atomic mass is 10.1. The molecule has 1 aromatic carbocycles. The van der Waals surface area contributed by atoms with Gasteiger partial charge in [-0.2, -0.15) is 0 Å². The highest BCUT2D eigenvalue weighted by molar-refractivity contribution is 5.89. The van der Waals surface area contributed by atoms with Crippen molar-refractivity contribution in [1.82, 2.24) is 0 Å². The SMILES string of the molecule is CC(=O)OC(C(=O)O)C(OC(C)=O)C(=O)Oc1ccc2c(c1)CC(=O)O2. The van der Waals surface area contributed by atoms with Gasteiger partial charge in [-0.15, -0.1) is 0 Å². The highest BCUT2D eigenvalue weighted by Crippen LogP contribution is 2.30. The first-order chi connectivity index (χ1) is 12.2. The molecule has 1 aliphatic rings. The van der Waals surface area contributed by atoms with E-state index in [0.29, 0.717) is 11.3 Å². The van der Waals surface area contributed by atoms with Crippen LogP contribution in [0.4, 0.5) is 0 Å². The number of hydrogen-bond acceptors (Lipinski definition) is 9. The van der Waals surface area contributed by atoms with Crippen LogP contribution < -0.4 is 9.47 Å². The number of benzene rings is 1.